The first-order valence-electron chi connectivity index (χ1n) is 14.0. The minimum Gasteiger partial charge on any atom is -0.381 e. The predicted molar refractivity (Wildman–Crippen MR) is 167 cm³/mol. The van der Waals surface area contributed by atoms with E-state index >= 15 is 0 Å². The molecule has 0 radical (unpaired) electrons. The summed E-state index contributed by atoms with van der Waals surface area (Å²) in [6, 6.07) is 13.7. The summed E-state index contributed by atoms with van der Waals surface area (Å²) in [4.78, 5) is 27.4. The van der Waals surface area contributed by atoms with Gasteiger partial charge in [0.05, 0.1) is 23.1 Å². The van der Waals surface area contributed by atoms with Crippen LogP contribution >= 0.6 is 15.9 Å². The molecule has 1 N–H and O–H groups in total. The van der Waals surface area contributed by atoms with E-state index in [0.29, 0.717) is 0 Å². The standard InChI is InChI=1S/C14H21N3O3.C10H13N3O2.C4H9BrO/c1-2-20-11-10-15-6-8-16(9-7-15)13-4-3-5-14(12-13)17(18)19;14-13(15)10-3-1-2-9(8-10)12-6-4-11-5-7-12;1-2-6-4-3-5/h3-5,12H,2,6-11H2,1H3;1-3,8,11H,4-7H2;2-4H2,1H3. The van der Waals surface area contributed by atoms with Gasteiger partial charge in [-0.3, -0.25) is 25.1 Å². The molecule has 13 heteroatoms. The van der Waals surface area contributed by atoms with Crippen LogP contribution in [-0.2, 0) is 9.47 Å². The molecule has 2 heterocycles. The quantitative estimate of drug-likeness (QED) is 0.166. The minimum absolute atomic E-state index is 0.154. The maximum atomic E-state index is 10.8. The number of halogens is 1. The SMILES string of the molecule is CCOCCBr.CCOCCN1CCN(c2cccc([N+](=O)[O-])c2)CC1.O=[N+]([O-])c1cccc(N2CCNCC2)c1. The molecule has 4 rings (SSSR count). The summed E-state index contributed by atoms with van der Waals surface area (Å²) < 4.78 is 10.3. The number of anilines is 2. The van der Waals surface area contributed by atoms with Crippen LogP contribution in [-0.4, -0.2) is 105 Å². The van der Waals surface area contributed by atoms with E-state index in [1.165, 1.54) is 12.1 Å². The number of piperazine rings is 2. The van der Waals surface area contributed by atoms with Crippen molar-refractivity contribution in [1.29, 1.82) is 0 Å². The fourth-order valence-electron chi connectivity index (χ4n) is 4.30. The average Bonchev–Trinajstić information content (AvgIpc) is 3.01. The molecule has 228 valence electrons. The van der Waals surface area contributed by atoms with Gasteiger partial charge in [-0.05, 0) is 26.0 Å². The zero-order chi connectivity index (χ0) is 29.9. The molecular formula is C28H43BrN6O6. The van der Waals surface area contributed by atoms with Crippen LogP contribution in [0.25, 0.3) is 0 Å². The van der Waals surface area contributed by atoms with Gasteiger partial charge in [0, 0.05) is 113 Å². The largest absolute Gasteiger partial charge is 0.381 e. The van der Waals surface area contributed by atoms with Gasteiger partial charge in [-0.1, -0.05) is 28.1 Å². The lowest BCUT2D eigenvalue weighted by Gasteiger charge is -2.35. The van der Waals surface area contributed by atoms with Crippen molar-refractivity contribution in [1.82, 2.24) is 10.2 Å². The molecule has 2 saturated heterocycles. The van der Waals surface area contributed by atoms with Crippen LogP contribution in [0.3, 0.4) is 0 Å². The molecule has 2 fully saturated rings. The van der Waals surface area contributed by atoms with Gasteiger partial charge in [-0.2, -0.15) is 0 Å². The van der Waals surface area contributed by atoms with Crippen LogP contribution in [0.4, 0.5) is 22.7 Å². The summed E-state index contributed by atoms with van der Waals surface area (Å²) in [6.45, 7) is 15.5. The molecule has 0 saturated carbocycles. The third-order valence-corrected chi connectivity index (χ3v) is 6.81. The number of hydrogen-bond donors (Lipinski definition) is 1. The Bertz CT molecular complexity index is 1030. The van der Waals surface area contributed by atoms with Gasteiger partial charge in [0.15, 0.2) is 0 Å². The Kier molecular flexibility index (Phi) is 16.8. The number of nitro groups is 2. The Balaban J connectivity index is 0.000000246. The van der Waals surface area contributed by atoms with Crippen molar-refractivity contribution in [3.05, 3.63) is 68.8 Å². The average molecular weight is 640 g/mol. The summed E-state index contributed by atoms with van der Waals surface area (Å²) in [6.07, 6.45) is 0. The number of alkyl halides is 1. The van der Waals surface area contributed by atoms with Crippen LogP contribution in [0, 0.1) is 20.2 Å². The molecule has 0 amide bonds. The van der Waals surface area contributed by atoms with Gasteiger partial charge in [0.25, 0.3) is 11.4 Å². The van der Waals surface area contributed by atoms with Crippen molar-refractivity contribution >= 4 is 38.7 Å². The van der Waals surface area contributed by atoms with Crippen LogP contribution in [0.1, 0.15) is 13.8 Å². The van der Waals surface area contributed by atoms with Crippen molar-refractivity contribution in [2.24, 2.45) is 0 Å². The van der Waals surface area contributed by atoms with Gasteiger partial charge in [-0.25, -0.2) is 0 Å². The molecule has 2 aliphatic heterocycles. The fraction of sp³-hybridized carbons (Fsp3) is 0.571. The van der Waals surface area contributed by atoms with E-state index in [1.807, 2.05) is 26.0 Å². The van der Waals surface area contributed by atoms with E-state index < -0.39 is 0 Å². The van der Waals surface area contributed by atoms with Crippen LogP contribution in [0.15, 0.2) is 48.5 Å². The van der Waals surface area contributed by atoms with Gasteiger partial charge in [0.2, 0.25) is 0 Å². The summed E-state index contributed by atoms with van der Waals surface area (Å²) in [7, 11) is 0. The zero-order valence-corrected chi connectivity index (χ0v) is 25.7. The van der Waals surface area contributed by atoms with Crippen molar-refractivity contribution in [3.63, 3.8) is 0 Å². The predicted octanol–water partition coefficient (Wildman–Crippen LogP) is 4.18. The van der Waals surface area contributed by atoms with E-state index in [1.54, 1.807) is 24.3 Å². The zero-order valence-electron chi connectivity index (χ0n) is 24.1. The number of ether oxygens (including phenoxy) is 2. The number of nitro benzene ring substituents is 2. The number of nitrogens with one attached hydrogen (secondary N) is 1. The Labute approximate surface area is 251 Å². The lowest BCUT2D eigenvalue weighted by atomic mass is 10.2. The molecular weight excluding hydrogens is 596 g/mol. The number of rotatable bonds is 11. The van der Waals surface area contributed by atoms with Crippen molar-refractivity contribution in [2.45, 2.75) is 13.8 Å². The Morgan fingerprint density at radius 1 is 0.780 bits per heavy atom. The first-order valence-corrected chi connectivity index (χ1v) is 15.1. The molecule has 2 aromatic carbocycles. The second kappa shape index (κ2) is 20.1. The Morgan fingerprint density at radius 2 is 1.27 bits per heavy atom. The normalized spacial score (nSPS) is 15.3. The highest BCUT2D eigenvalue weighted by Crippen LogP contribution is 2.22. The summed E-state index contributed by atoms with van der Waals surface area (Å²) >= 11 is 3.23. The van der Waals surface area contributed by atoms with Crippen molar-refractivity contribution < 1.29 is 19.3 Å². The number of nitrogens with zero attached hydrogens (tertiary/aromatic N) is 5. The number of non-ortho nitro benzene ring substituents is 2. The Morgan fingerprint density at radius 3 is 1.71 bits per heavy atom. The molecule has 0 bridgehead atoms. The van der Waals surface area contributed by atoms with E-state index in [-0.39, 0.29) is 21.2 Å². The molecule has 41 heavy (non-hydrogen) atoms. The monoisotopic (exact) mass is 638 g/mol. The number of benzene rings is 2. The second-order valence-corrected chi connectivity index (χ2v) is 10.00. The molecule has 0 spiro atoms. The summed E-state index contributed by atoms with van der Waals surface area (Å²) in [5, 5.41) is 25.6. The van der Waals surface area contributed by atoms with Crippen molar-refractivity contribution in [3.8, 4) is 0 Å². The lowest BCUT2D eigenvalue weighted by Crippen LogP contribution is -2.47. The maximum absolute atomic E-state index is 10.8. The molecule has 12 nitrogen and oxygen atoms in total. The lowest BCUT2D eigenvalue weighted by molar-refractivity contribution is -0.385. The molecule has 0 aliphatic carbocycles. The first-order chi connectivity index (χ1) is 19.9. The summed E-state index contributed by atoms with van der Waals surface area (Å²) in [5.41, 5.74) is 2.18. The van der Waals surface area contributed by atoms with Crippen molar-refractivity contribution in [2.75, 3.05) is 100 Å². The highest BCUT2D eigenvalue weighted by Gasteiger charge is 2.18. The second-order valence-electron chi connectivity index (χ2n) is 9.20. The van der Waals surface area contributed by atoms with Gasteiger partial charge in [-0.15, -0.1) is 0 Å². The molecule has 0 unspecified atom stereocenters. The Hall–Kier alpha value is -2.84. The highest BCUT2D eigenvalue weighted by atomic mass is 79.9. The smallest absolute Gasteiger partial charge is 0.271 e. The maximum Gasteiger partial charge on any atom is 0.271 e. The fourth-order valence-corrected chi connectivity index (χ4v) is 4.53. The van der Waals surface area contributed by atoms with E-state index in [2.05, 4.69) is 35.9 Å². The van der Waals surface area contributed by atoms with Gasteiger partial charge >= 0.3 is 0 Å². The topological polar surface area (TPSA) is 126 Å². The molecule has 0 atom stereocenters. The van der Waals surface area contributed by atoms with Crippen LogP contribution < -0.4 is 15.1 Å². The molecule has 2 aromatic rings. The van der Waals surface area contributed by atoms with Gasteiger partial charge < -0.3 is 24.6 Å². The van der Waals surface area contributed by atoms with E-state index in [4.69, 9.17) is 9.47 Å². The summed E-state index contributed by atoms with van der Waals surface area (Å²) in [5.74, 6) is 0. The van der Waals surface area contributed by atoms with E-state index in [9.17, 15) is 20.2 Å². The number of hydrogen-bond acceptors (Lipinski definition) is 10. The first kappa shape index (κ1) is 34.4. The van der Waals surface area contributed by atoms with Gasteiger partial charge in [0.1, 0.15) is 0 Å². The molecule has 0 aromatic heterocycles. The van der Waals surface area contributed by atoms with Crippen LogP contribution in [0.5, 0.6) is 0 Å². The minimum atomic E-state index is -0.355. The highest BCUT2D eigenvalue weighted by molar-refractivity contribution is 9.09. The van der Waals surface area contributed by atoms with E-state index in [0.717, 1.165) is 102 Å². The third-order valence-electron chi connectivity index (χ3n) is 6.48. The van der Waals surface area contributed by atoms with Crippen LogP contribution in [0.2, 0.25) is 0 Å². The third kappa shape index (κ3) is 13.1. The molecule has 2 aliphatic rings.